The lowest BCUT2D eigenvalue weighted by Gasteiger charge is -2.32. The number of nitrogens with zero attached hydrogens (tertiary/aromatic N) is 2. The van der Waals surface area contributed by atoms with E-state index in [4.69, 9.17) is 4.74 Å². The van der Waals surface area contributed by atoms with Crippen LogP contribution in [0.2, 0.25) is 0 Å². The van der Waals surface area contributed by atoms with Gasteiger partial charge in [-0.1, -0.05) is 64.5 Å². The van der Waals surface area contributed by atoms with E-state index in [0.717, 1.165) is 15.2 Å². The minimum absolute atomic E-state index is 0.210. The number of ketones is 1. The number of fused-ring (bicyclic) bond motifs is 4. The number of amides is 2. The molecule has 0 radical (unpaired) electrons. The van der Waals surface area contributed by atoms with Crippen molar-refractivity contribution in [3.8, 4) is 0 Å². The molecule has 3 aliphatic rings. The third-order valence-corrected chi connectivity index (χ3v) is 7.99. The predicted octanol–water partition coefficient (Wildman–Crippen LogP) is 4.66. The highest BCUT2D eigenvalue weighted by atomic mass is 79.9. The average Bonchev–Trinajstić information content (AvgIpc) is 3.40. The summed E-state index contributed by atoms with van der Waals surface area (Å²) in [4.78, 5) is 57.5. The molecule has 8 heteroatoms. The first-order chi connectivity index (χ1) is 18.4. The molecule has 7 nitrogen and oxygen atoms in total. The van der Waals surface area contributed by atoms with E-state index in [1.54, 1.807) is 60.5 Å². The Morgan fingerprint density at radius 2 is 1.63 bits per heavy atom. The Hall–Kier alpha value is -4.04. The molecule has 38 heavy (non-hydrogen) atoms. The van der Waals surface area contributed by atoms with E-state index in [0.29, 0.717) is 16.8 Å². The van der Waals surface area contributed by atoms with E-state index in [1.165, 1.54) is 4.90 Å². The normalized spacial score (nSPS) is 23.9. The van der Waals surface area contributed by atoms with Crippen LogP contribution in [0.1, 0.15) is 17.3 Å². The number of carbonyl (C=O) groups is 4. The maximum atomic E-state index is 14.1. The summed E-state index contributed by atoms with van der Waals surface area (Å²) < 4.78 is 6.00. The molecule has 0 aliphatic carbocycles. The highest BCUT2D eigenvalue weighted by molar-refractivity contribution is 9.10. The highest BCUT2D eigenvalue weighted by Gasteiger charge is 2.63. The zero-order chi connectivity index (χ0) is 26.6. The van der Waals surface area contributed by atoms with Gasteiger partial charge in [0.2, 0.25) is 11.8 Å². The second-order valence-electron chi connectivity index (χ2n) is 9.47. The van der Waals surface area contributed by atoms with E-state index in [1.807, 2.05) is 36.4 Å². The van der Waals surface area contributed by atoms with Crippen molar-refractivity contribution in [3.63, 3.8) is 0 Å². The minimum atomic E-state index is -0.912. The predicted molar refractivity (Wildman–Crippen MR) is 145 cm³/mol. The molecule has 0 aromatic heterocycles. The van der Waals surface area contributed by atoms with Crippen LogP contribution in [-0.2, 0) is 19.1 Å². The number of ether oxygens (including phenoxy) is 1. The fourth-order valence-corrected chi connectivity index (χ4v) is 6.09. The second-order valence-corrected chi connectivity index (χ2v) is 10.4. The van der Waals surface area contributed by atoms with Crippen molar-refractivity contribution in [2.75, 3.05) is 11.5 Å². The number of benzene rings is 3. The smallest absolute Gasteiger partial charge is 0.337 e. The number of esters is 1. The van der Waals surface area contributed by atoms with Crippen LogP contribution in [0.15, 0.2) is 95.1 Å². The van der Waals surface area contributed by atoms with Gasteiger partial charge < -0.3 is 9.64 Å². The van der Waals surface area contributed by atoms with Crippen molar-refractivity contribution in [1.82, 2.24) is 4.90 Å². The monoisotopic (exact) mass is 570 g/mol. The molecule has 4 unspecified atom stereocenters. The molecule has 3 heterocycles. The number of carbonyl (C=O) groups excluding carboxylic acids is 4. The first kappa shape index (κ1) is 24.3. The number of Topliss-reactive ketones (excluding diaryl/α,β-unsaturated/α-hetero) is 1. The third-order valence-electron chi connectivity index (χ3n) is 7.46. The van der Waals surface area contributed by atoms with E-state index in [2.05, 4.69) is 15.9 Å². The summed E-state index contributed by atoms with van der Waals surface area (Å²) in [5.74, 6) is -3.31. The van der Waals surface area contributed by atoms with Gasteiger partial charge in [0.15, 0.2) is 5.78 Å². The molecular weight excluding hydrogens is 548 g/mol. The molecule has 6 rings (SSSR count). The Kier molecular flexibility index (Phi) is 5.99. The molecule has 190 valence electrons. The zero-order valence-electron chi connectivity index (χ0n) is 20.4. The molecule has 0 N–H and O–H groups in total. The summed E-state index contributed by atoms with van der Waals surface area (Å²) in [5.41, 5.74) is 1.23. The van der Waals surface area contributed by atoms with E-state index < -0.39 is 35.8 Å². The first-order valence-corrected chi connectivity index (χ1v) is 13.2. The van der Waals surface area contributed by atoms with Crippen LogP contribution in [0.3, 0.4) is 0 Å². The highest BCUT2D eigenvalue weighted by Crippen LogP contribution is 2.48. The van der Waals surface area contributed by atoms with Gasteiger partial charge in [-0.05, 0) is 42.7 Å². The van der Waals surface area contributed by atoms with Gasteiger partial charge >= 0.3 is 5.97 Å². The number of hydrogen-bond donors (Lipinski definition) is 0. The van der Waals surface area contributed by atoms with Gasteiger partial charge in [0.05, 0.1) is 35.7 Å². The lowest BCUT2D eigenvalue weighted by Crippen LogP contribution is -2.46. The van der Waals surface area contributed by atoms with Gasteiger partial charge in [-0.25, -0.2) is 9.69 Å². The van der Waals surface area contributed by atoms with Gasteiger partial charge in [-0.2, -0.15) is 0 Å². The summed E-state index contributed by atoms with van der Waals surface area (Å²) in [6, 6.07) is 18.4. The van der Waals surface area contributed by atoms with Crippen LogP contribution < -0.4 is 4.90 Å². The Labute approximate surface area is 227 Å². The lowest BCUT2D eigenvalue weighted by molar-refractivity contribution is -0.138. The number of hydrogen-bond acceptors (Lipinski definition) is 6. The Morgan fingerprint density at radius 3 is 2.39 bits per heavy atom. The van der Waals surface area contributed by atoms with Crippen molar-refractivity contribution < 1.29 is 23.9 Å². The molecule has 0 saturated carbocycles. The van der Waals surface area contributed by atoms with Gasteiger partial charge in [0.25, 0.3) is 0 Å². The van der Waals surface area contributed by atoms with Crippen molar-refractivity contribution in [3.05, 3.63) is 101 Å². The molecular formula is C30H23BrN2O5. The van der Waals surface area contributed by atoms with E-state index >= 15 is 0 Å². The van der Waals surface area contributed by atoms with Crippen LogP contribution in [-0.4, -0.2) is 47.2 Å². The van der Waals surface area contributed by atoms with E-state index in [-0.39, 0.29) is 18.3 Å². The van der Waals surface area contributed by atoms with Gasteiger partial charge in [0, 0.05) is 21.6 Å². The lowest BCUT2D eigenvalue weighted by atomic mass is 9.86. The molecule has 0 bridgehead atoms. The summed E-state index contributed by atoms with van der Waals surface area (Å²) in [7, 11) is 0. The number of rotatable bonds is 5. The van der Waals surface area contributed by atoms with Gasteiger partial charge in [-0.15, -0.1) is 0 Å². The zero-order valence-corrected chi connectivity index (χ0v) is 22.0. The quantitative estimate of drug-likeness (QED) is 0.252. The number of halogens is 1. The fourth-order valence-electron chi connectivity index (χ4n) is 5.82. The van der Waals surface area contributed by atoms with Crippen molar-refractivity contribution >= 4 is 56.0 Å². The molecule has 0 spiro atoms. The largest absolute Gasteiger partial charge is 0.462 e. The minimum Gasteiger partial charge on any atom is -0.462 e. The van der Waals surface area contributed by atoms with Gasteiger partial charge in [0.1, 0.15) is 6.04 Å². The number of anilines is 1. The van der Waals surface area contributed by atoms with Gasteiger partial charge in [-0.3, -0.25) is 14.4 Å². The van der Waals surface area contributed by atoms with Crippen LogP contribution >= 0.6 is 15.9 Å². The van der Waals surface area contributed by atoms with Crippen LogP contribution in [0.25, 0.3) is 10.8 Å². The maximum Gasteiger partial charge on any atom is 0.337 e. The topological polar surface area (TPSA) is 84.0 Å². The molecule has 3 aromatic carbocycles. The molecule has 2 amide bonds. The molecule has 3 aliphatic heterocycles. The number of imide groups is 1. The summed E-state index contributed by atoms with van der Waals surface area (Å²) in [5, 5.41) is 1.67. The summed E-state index contributed by atoms with van der Waals surface area (Å²) in [6.07, 6.45) is 4.87. The third kappa shape index (κ3) is 3.70. The molecule has 4 atom stereocenters. The standard InChI is InChI=1S/C30H23BrN2O5/c1-2-38-30(37)19-14-15-32-23(16-19)24-25(26(32)27(34)18-10-12-20(31)13-11-18)29(36)33(28(24)35)22-9-5-7-17-6-3-4-8-21(17)22/h3-16,23-26H,2H2,1H3. The SMILES string of the molecule is CCOC(=O)C1=CC2C3C(=O)N(c4cccc5ccccc45)C(=O)C3C(C(=O)c3ccc(Br)cc3)N2C=C1. The summed E-state index contributed by atoms with van der Waals surface area (Å²) >= 11 is 3.39. The first-order valence-electron chi connectivity index (χ1n) is 12.4. The van der Waals surface area contributed by atoms with E-state index in [9.17, 15) is 19.2 Å². The summed E-state index contributed by atoms with van der Waals surface area (Å²) in [6.45, 7) is 1.93. The Bertz CT molecular complexity index is 1560. The average molecular weight is 571 g/mol. The molecule has 2 saturated heterocycles. The Balaban J connectivity index is 1.47. The second kappa shape index (κ2) is 9.36. The Morgan fingerprint density at radius 1 is 0.921 bits per heavy atom. The van der Waals surface area contributed by atoms with Crippen molar-refractivity contribution in [2.24, 2.45) is 11.8 Å². The fraction of sp³-hybridized carbons (Fsp3) is 0.200. The van der Waals surface area contributed by atoms with Crippen molar-refractivity contribution in [2.45, 2.75) is 19.0 Å². The van der Waals surface area contributed by atoms with Crippen LogP contribution in [0.5, 0.6) is 0 Å². The maximum absolute atomic E-state index is 14.1. The molecule has 3 aromatic rings. The molecule has 2 fully saturated rings. The van der Waals surface area contributed by atoms with Crippen LogP contribution in [0.4, 0.5) is 5.69 Å². The van der Waals surface area contributed by atoms with Crippen molar-refractivity contribution in [1.29, 1.82) is 0 Å². The van der Waals surface area contributed by atoms with Crippen LogP contribution in [0, 0.1) is 11.8 Å².